The largest absolute Gasteiger partial charge is 0.394 e. The Morgan fingerprint density at radius 2 is 1.89 bits per heavy atom. The Labute approximate surface area is 109 Å². The van der Waals surface area contributed by atoms with Crippen LogP contribution in [0.2, 0.25) is 0 Å². The monoisotopic (exact) mass is 249 g/mol. The number of aliphatic hydroxyl groups excluding tert-OH is 1. The van der Waals surface area contributed by atoms with E-state index in [1.807, 2.05) is 45.9 Å². The fourth-order valence-corrected chi connectivity index (χ4v) is 2.00. The third kappa shape index (κ3) is 2.91. The summed E-state index contributed by atoms with van der Waals surface area (Å²) in [6.07, 6.45) is 1.44. The van der Waals surface area contributed by atoms with Crippen molar-refractivity contribution < 1.29 is 9.90 Å². The zero-order valence-electron chi connectivity index (χ0n) is 11.7. The van der Waals surface area contributed by atoms with Crippen LogP contribution in [0.5, 0.6) is 0 Å². The molecule has 0 heterocycles. The van der Waals surface area contributed by atoms with Gasteiger partial charge in [-0.25, -0.2) is 0 Å². The molecule has 3 nitrogen and oxygen atoms in total. The molecule has 0 spiro atoms. The summed E-state index contributed by atoms with van der Waals surface area (Å²) < 4.78 is 0. The fourth-order valence-electron chi connectivity index (χ4n) is 2.00. The number of benzene rings is 1. The second-order valence-electron chi connectivity index (χ2n) is 4.85. The van der Waals surface area contributed by atoms with Crippen LogP contribution in [0.15, 0.2) is 18.2 Å². The van der Waals surface area contributed by atoms with Gasteiger partial charge in [-0.2, -0.15) is 0 Å². The van der Waals surface area contributed by atoms with Crippen LogP contribution in [0.1, 0.15) is 48.2 Å². The number of carbonyl (C=O) groups is 1. The number of carbonyl (C=O) groups excluding carboxylic acids is 1. The van der Waals surface area contributed by atoms with E-state index < -0.39 is 5.54 Å². The molecule has 18 heavy (non-hydrogen) atoms. The van der Waals surface area contributed by atoms with Crippen molar-refractivity contribution in [1.29, 1.82) is 0 Å². The van der Waals surface area contributed by atoms with Gasteiger partial charge in [0.1, 0.15) is 0 Å². The molecule has 0 aromatic heterocycles. The molecule has 0 fully saturated rings. The van der Waals surface area contributed by atoms with E-state index in [0.717, 1.165) is 24.0 Å². The van der Waals surface area contributed by atoms with Gasteiger partial charge in [0.2, 0.25) is 0 Å². The van der Waals surface area contributed by atoms with Crippen LogP contribution in [0.3, 0.4) is 0 Å². The van der Waals surface area contributed by atoms with Gasteiger partial charge in [0.05, 0.1) is 12.1 Å². The lowest BCUT2D eigenvalue weighted by Gasteiger charge is -2.31. The van der Waals surface area contributed by atoms with Crippen molar-refractivity contribution in [2.45, 2.75) is 46.1 Å². The van der Waals surface area contributed by atoms with Crippen LogP contribution in [-0.4, -0.2) is 23.2 Å². The quantitative estimate of drug-likeness (QED) is 0.842. The standard InChI is InChI=1S/C15H23NO2/c1-5-15(6-2,10-17)16-14(18)13-9-7-8-11(3)12(13)4/h7-9,17H,5-6,10H2,1-4H3,(H,16,18). The molecular weight excluding hydrogens is 226 g/mol. The molecule has 0 saturated heterocycles. The highest BCUT2D eigenvalue weighted by Crippen LogP contribution is 2.18. The first-order valence-electron chi connectivity index (χ1n) is 6.49. The number of nitrogens with one attached hydrogen (secondary N) is 1. The van der Waals surface area contributed by atoms with E-state index in [4.69, 9.17) is 0 Å². The maximum atomic E-state index is 12.3. The second-order valence-corrected chi connectivity index (χ2v) is 4.85. The Balaban J connectivity index is 2.98. The minimum atomic E-state index is -0.507. The molecule has 0 saturated carbocycles. The molecule has 0 aliphatic carbocycles. The Morgan fingerprint density at radius 3 is 2.39 bits per heavy atom. The van der Waals surface area contributed by atoms with Gasteiger partial charge in [-0.1, -0.05) is 26.0 Å². The van der Waals surface area contributed by atoms with Gasteiger partial charge < -0.3 is 10.4 Å². The number of amides is 1. The average molecular weight is 249 g/mol. The molecule has 2 N–H and O–H groups in total. The highest BCUT2D eigenvalue weighted by Gasteiger charge is 2.28. The molecule has 1 aromatic carbocycles. The van der Waals surface area contributed by atoms with Crippen molar-refractivity contribution in [1.82, 2.24) is 5.32 Å². The minimum Gasteiger partial charge on any atom is -0.394 e. The Kier molecular flexibility index (Phi) is 4.91. The summed E-state index contributed by atoms with van der Waals surface area (Å²) in [5.74, 6) is -0.103. The van der Waals surface area contributed by atoms with E-state index in [-0.39, 0.29) is 12.5 Å². The fraction of sp³-hybridized carbons (Fsp3) is 0.533. The van der Waals surface area contributed by atoms with Crippen LogP contribution in [0.25, 0.3) is 0 Å². The molecule has 0 radical (unpaired) electrons. The van der Waals surface area contributed by atoms with Crippen molar-refractivity contribution in [3.05, 3.63) is 34.9 Å². The van der Waals surface area contributed by atoms with Gasteiger partial charge in [0.25, 0.3) is 5.91 Å². The van der Waals surface area contributed by atoms with E-state index in [1.54, 1.807) is 0 Å². The summed E-state index contributed by atoms with van der Waals surface area (Å²) in [6.45, 7) is 7.86. The van der Waals surface area contributed by atoms with Gasteiger partial charge in [0, 0.05) is 5.56 Å². The first-order chi connectivity index (χ1) is 8.49. The highest BCUT2D eigenvalue weighted by atomic mass is 16.3. The lowest BCUT2D eigenvalue weighted by molar-refractivity contribution is 0.0817. The third-order valence-electron chi connectivity index (χ3n) is 3.88. The smallest absolute Gasteiger partial charge is 0.252 e. The van der Waals surface area contributed by atoms with Crippen molar-refractivity contribution in [3.63, 3.8) is 0 Å². The predicted octanol–water partition coefficient (Wildman–Crippen LogP) is 2.58. The van der Waals surface area contributed by atoms with E-state index in [1.165, 1.54) is 0 Å². The molecule has 0 aliphatic heterocycles. The number of aliphatic hydroxyl groups is 1. The lowest BCUT2D eigenvalue weighted by atomic mass is 9.92. The van der Waals surface area contributed by atoms with Gasteiger partial charge in [-0.05, 0) is 43.9 Å². The van der Waals surface area contributed by atoms with Gasteiger partial charge in [0.15, 0.2) is 0 Å². The van der Waals surface area contributed by atoms with E-state index in [0.29, 0.717) is 5.56 Å². The minimum absolute atomic E-state index is 0.0311. The molecule has 0 bridgehead atoms. The maximum absolute atomic E-state index is 12.3. The maximum Gasteiger partial charge on any atom is 0.252 e. The zero-order valence-corrected chi connectivity index (χ0v) is 11.7. The number of aryl methyl sites for hydroxylation is 1. The topological polar surface area (TPSA) is 49.3 Å². The summed E-state index contributed by atoms with van der Waals surface area (Å²) >= 11 is 0. The second kappa shape index (κ2) is 6.01. The number of rotatable bonds is 5. The van der Waals surface area contributed by atoms with E-state index in [2.05, 4.69) is 5.32 Å². The first-order valence-corrected chi connectivity index (χ1v) is 6.49. The summed E-state index contributed by atoms with van der Waals surface area (Å²) in [5, 5.41) is 12.5. The molecule has 0 atom stereocenters. The average Bonchev–Trinajstić information content (AvgIpc) is 2.39. The molecular formula is C15H23NO2. The lowest BCUT2D eigenvalue weighted by Crippen LogP contribution is -2.50. The molecule has 0 aliphatic rings. The van der Waals surface area contributed by atoms with Gasteiger partial charge in [-0.15, -0.1) is 0 Å². The Morgan fingerprint density at radius 1 is 1.28 bits per heavy atom. The van der Waals surface area contributed by atoms with Crippen molar-refractivity contribution >= 4 is 5.91 Å². The van der Waals surface area contributed by atoms with Crippen LogP contribution >= 0.6 is 0 Å². The van der Waals surface area contributed by atoms with Crippen LogP contribution < -0.4 is 5.32 Å². The highest BCUT2D eigenvalue weighted by molar-refractivity contribution is 5.96. The summed E-state index contributed by atoms with van der Waals surface area (Å²) in [5.41, 5.74) is 2.28. The van der Waals surface area contributed by atoms with E-state index >= 15 is 0 Å². The van der Waals surface area contributed by atoms with Crippen LogP contribution in [-0.2, 0) is 0 Å². The van der Waals surface area contributed by atoms with E-state index in [9.17, 15) is 9.90 Å². The third-order valence-corrected chi connectivity index (χ3v) is 3.88. The zero-order chi connectivity index (χ0) is 13.8. The first kappa shape index (κ1) is 14.7. The van der Waals surface area contributed by atoms with Gasteiger partial charge in [-0.3, -0.25) is 4.79 Å². The SMILES string of the molecule is CCC(CC)(CO)NC(=O)c1cccc(C)c1C. The summed E-state index contributed by atoms with van der Waals surface area (Å²) in [7, 11) is 0. The number of hydrogen-bond donors (Lipinski definition) is 2. The molecule has 1 amide bonds. The molecule has 100 valence electrons. The number of hydrogen-bond acceptors (Lipinski definition) is 2. The van der Waals surface area contributed by atoms with Gasteiger partial charge >= 0.3 is 0 Å². The molecule has 1 aromatic rings. The normalized spacial score (nSPS) is 11.4. The van der Waals surface area contributed by atoms with Crippen molar-refractivity contribution in [3.8, 4) is 0 Å². The van der Waals surface area contributed by atoms with Crippen LogP contribution in [0, 0.1) is 13.8 Å². The Bertz CT molecular complexity index is 414. The molecule has 0 unspecified atom stereocenters. The predicted molar refractivity (Wildman–Crippen MR) is 73.8 cm³/mol. The molecule has 3 heteroatoms. The van der Waals surface area contributed by atoms with Crippen LogP contribution in [0.4, 0.5) is 0 Å². The van der Waals surface area contributed by atoms with Crippen molar-refractivity contribution in [2.24, 2.45) is 0 Å². The summed E-state index contributed by atoms with van der Waals surface area (Å²) in [6, 6.07) is 5.70. The Hall–Kier alpha value is -1.35. The molecule has 1 rings (SSSR count). The van der Waals surface area contributed by atoms with Crippen molar-refractivity contribution in [2.75, 3.05) is 6.61 Å². The summed E-state index contributed by atoms with van der Waals surface area (Å²) in [4.78, 5) is 12.3.